The number of nitrogens with zero attached hydrogens (tertiary/aromatic N) is 11. The number of hydrogen-bond donors (Lipinski definition) is 14. The molecule has 12 amide bonds. The van der Waals surface area contributed by atoms with Gasteiger partial charge in [-0.25, -0.2) is 59.0 Å². The molecule has 41 nitrogen and oxygen atoms in total. The third kappa shape index (κ3) is 34.9. The molecule has 4 aliphatic heterocycles. The first-order chi connectivity index (χ1) is 66.0. The largest absolute Gasteiger partial charge is 0.474 e. The maximum Gasteiger partial charge on any atom is 0.413 e. The molecule has 752 valence electrons. The zero-order valence-electron chi connectivity index (χ0n) is 83.1. The van der Waals surface area contributed by atoms with Gasteiger partial charge in [0.1, 0.15) is 63.3 Å². The third-order valence-electron chi connectivity index (χ3n) is 22.3. The molecule has 17 N–H and O–H groups in total. The lowest BCUT2D eigenvalue weighted by molar-refractivity contribution is -0.147. The third-order valence-corrected chi connectivity index (χ3v) is 22.3. The summed E-state index contributed by atoms with van der Waals surface area (Å²) in [6.07, 6.45) is 20.1. The maximum absolute atomic E-state index is 13.3. The number of pyridine rings is 8. The number of carboxylic acid groups (broad SMARTS) is 1. The quantitative estimate of drug-likeness (QED) is 0.0297. The summed E-state index contributed by atoms with van der Waals surface area (Å²) in [5.41, 5.74) is 23.0. The molecule has 0 aromatic carbocycles. The Balaban J connectivity index is 0.000000221. The van der Waals surface area contributed by atoms with Gasteiger partial charge in [0.15, 0.2) is 0 Å². The van der Waals surface area contributed by atoms with E-state index in [2.05, 4.69) is 120 Å². The number of aryl methyl sites for hydroxylation is 4. The second-order valence-electron chi connectivity index (χ2n) is 37.8. The van der Waals surface area contributed by atoms with Gasteiger partial charge in [-0.15, -0.1) is 0 Å². The number of nitrogen functional groups attached to an aromatic ring is 3. The number of nitrogens with one attached hydrogen (secondary N) is 10. The van der Waals surface area contributed by atoms with Gasteiger partial charge in [-0.2, -0.15) is 0 Å². The van der Waals surface area contributed by atoms with Crippen LogP contribution in [0.25, 0.3) is 0 Å². The molecular formula is C99H134N24O17. The fourth-order valence-electron chi connectivity index (χ4n) is 15.5. The van der Waals surface area contributed by atoms with Crippen molar-refractivity contribution in [3.05, 3.63) is 167 Å². The number of aromatic nitrogens is 8. The summed E-state index contributed by atoms with van der Waals surface area (Å²) in [5.74, 6) is -2.45. The van der Waals surface area contributed by atoms with E-state index in [9.17, 15) is 62.3 Å². The van der Waals surface area contributed by atoms with E-state index in [1.54, 1.807) is 138 Å². The number of carboxylic acids is 1. The van der Waals surface area contributed by atoms with Crippen LogP contribution in [0.3, 0.4) is 0 Å². The molecule has 0 radical (unpaired) electrons. The predicted molar refractivity (Wildman–Crippen MR) is 533 cm³/mol. The number of amides is 12. The van der Waals surface area contributed by atoms with Gasteiger partial charge < -0.3 is 88.4 Å². The van der Waals surface area contributed by atoms with Crippen molar-refractivity contribution in [1.29, 1.82) is 0 Å². The summed E-state index contributed by atoms with van der Waals surface area (Å²) < 4.78 is 15.7. The normalized spacial score (nSPS) is 17.7. The molecule has 8 aromatic rings. The highest BCUT2D eigenvalue weighted by atomic mass is 16.6. The number of carbonyl (C=O) groups excluding carboxylic acids is 12. The van der Waals surface area contributed by atoms with Crippen molar-refractivity contribution >= 4 is 147 Å². The van der Waals surface area contributed by atoms with Gasteiger partial charge in [0.25, 0.3) is 0 Å². The summed E-state index contributed by atoms with van der Waals surface area (Å²) in [6.45, 7) is 37.1. The fraction of sp³-hybridized carbons (Fsp3) is 0.465. The molecule has 0 spiro atoms. The number of likely N-dealkylation sites (tertiary alicyclic amines) is 3. The van der Waals surface area contributed by atoms with Crippen molar-refractivity contribution in [3.8, 4) is 0 Å². The van der Waals surface area contributed by atoms with E-state index in [0.717, 1.165) is 66.8 Å². The van der Waals surface area contributed by atoms with Crippen molar-refractivity contribution in [2.24, 2.45) is 23.7 Å². The van der Waals surface area contributed by atoms with Gasteiger partial charge in [0, 0.05) is 64.3 Å². The first kappa shape index (κ1) is 110. The Morgan fingerprint density at radius 1 is 0.364 bits per heavy atom. The topological polar surface area (TPSA) is 581 Å². The number of aliphatic carboxylic acids is 1. The molecule has 0 aliphatic carbocycles. The number of rotatable bonds is 17. The average molecular weight is 1930 g/mol. The average Bonchev–Trinajstić information content (AvgIpc) is 0.806. The van der Waals surface area contributed by atoms with Crippen LogP contribution >= 0.6 is 0 Å². The molecule has 41 heteroatoms. The molecule has 4 aliphatic rings. The molecular weight excluding hydrogens is 1800 g/mol. The van der Waals surface area contributed by atoms with Crippen molar-refractivity contribution < 1.29 is 81.6 Å². The summed E-state index contributed by atoms with van der Waals surface area (Å²) in [4.78, 5) is 196. The molecule has 4 fully saturated rings. The van der Waals surface area contributed by atoms with Gasteiger partial charge in [0.05, 0.1) is 65.7 Å². The van der Waals surface area contributed by atoms with Crippen LogP contribution in [0.1, 0.15) is 252 Å². The number of nitrogens with two attached hydrogens (primary N) is 3. The van der Waals surface area contributed by atoms with Crippen molar-refractivity contribution in [2.45, 2.75) is 250 Å². The van der Waals surface area contributed by atoms with Gasteiger partial charge in [0.2, 0.25) is 11.8 Å². The summed E-state index contributed by atoms with van der Waals surface area (Å²) >= 11 is 0. The molecule has 12 heterocycles. The van der Waals surface area contributed by atoms with E-state index in [4.69, 9.17) is 36.5 Å². The molecule has 0 saturated carbocycles. The summed E-state index contributed by atoms with van der Waals surface area (Å²) in [5, 5.41) is 35.2. The number of ether oxygens (including phenoxy) is 3. The zero-order chi connectivity index (χ0) is 103. The monoisotopic (exact) mass is 1930 g/mol. The molecule has 0 bridgehead atoms. The first-order valence-electron chi connectivity index (χ1n) is 46.7. The van der Waals surface area contributed by atoms with E-state index in [-0.39, 0.29) is 53.4 Å². The Bertz CT molecular complexity index is 5670. The van der Waals surface area contributed by atoms with Crippen LogP contribution in [0.4, 0.5) is 83.7 Å². The zero-order valence-corrected chi connectivity index (χ0v) is 83.1. The highest BCUT2D eigenvalue weighted by Gasteiger charge is 2.39. The van der Waals surface area contributed by atoms with E-state index >= 15 is 0 Å². The Morgan fingerprint density at radius 3 is 0.943 bits per heavy atom. The minimum Gasteiger partial charge on any atom is -0.474 e. The number of hydrogen-bond acceptors (Lipinski definition) is 28. The van der Waals surface area contributed by atoms with Crippen LogP contribution in [0.15, 0.2) is 122 Å². The molecule has 8 atom stereocenters. The minimum atomic E-state index is -1.59. The maximum atomic E-state index is 13.3. The smallest absolute Gasteiger partial charge is 0.413 e. The number of carbonyl (C=O) groups is 13. The van der Waals surface area contributed by atoms with E-state index in [1.165, 1.54) is 57.0 Å². The van der Waals surface area contributed by atoms with Gasteiger partial charge in [-0.1, -0.05) is 79.7 Å². The van der Waals surface area contributed by atoms with E-state index in [0.29, 0.717) is 138 Å². The predicted octanol–water partition coefficient (Wildman–Crippen LogP) is 14.4. The van der Waals surface area contributed by atoms with Crippen LogP contribution in [-0.2, 0) is 87.8 Å². The van der Waals surface area contributed by atoms with Crippen molar-refractivity contribution in [2.75, 3.05) is 91.2 Å². The van der Waals surface area contributed by atoms with Crippen LogP contribution in [0.5, 0.6) is 0 Å². The molecule has 8 aromatic heterocycles. The molecule has 4 saturated heterocycles. The van der Waals surface area contributed by atoms with Gasteiger partial charge in [-0.3, -0.25) is 59.1 Å². The summed E-state index contributed by atoms with van der Waals surface area (Å²) in [7, 11) is 0. The van der Waals surface area contributed by atoms with E-state index in [1.807, 2.05) is 65.1 Å². The standard InChI is InChI=1S/C27H36N6O5.C25H34N6O4.C22H28N6O3.C14H19N3O5.C11H17N3/c1-7-18-12-20(14-29-23(18)32-26(37)38-27(4,5)6)31-24(35)25(36)33-15-16(2)8-10-21(33)19-9-11-22(28-13-19)30-17(3)34;1-6-16-11-18(13-28-21(16)30-24(34)35-25(3,4)5)29-22(32)23(33)31-14-15(2)7-9-19(31)17-8-10-20(26)27-12-17;1-4-15-9-17(11-25-20(15)23)27-21(30)22(31)28-12-13(2)5-7-18(28)16-6-8-19(24-10-16)26-14(3)29;1-5-8-6-9(16-11(18)12(19)20)7-15-10(8)17-13(21)22-14(2,3)4;1-8-2-4-10(13-6-8)9-3-5-11(12)14-7-9/h9,11-14,16,21H,7-8,10,15H2,1-6H3,(H,31,35)(H,28,30,34)(H,29,32,37);8,10-13,15,19H,6-7,9,14H2,1-5H3,(H2,26,27)(H,29,32)(H,28,30,34);6,8-11,13,18H,4-5,7,12H2,1-3H3,(H2,23,25)(H,27,30)(H,24,26,29);6-7H,5H2,1-4H3,(H,16,18)(H,19,20)(H,15,17,21);3,5,7-8,10,13H,2,4,6H2,1H3,(H2,12,14). The van der Waals surface area contributed by atoms with Gasteiger partial charge >= 0.3 is 65.6 Å². The van der Waals surface area contributed by atoms with Crippen molar-refractivity contribution in [3.63, 3.8) is 0 Å². The SMILES string of the molecule is CC1CCC(c2ccc(N)nc2)NC1.CCc1cc(NC(=O)C(=O)N2CC(C)CCC2c2ccc(N)nc2)cnc1NC(=O)OC(C)(C)C.CCc1cc(NC(=O)C(=O)N2CC(C)CCC2c2ccc(NC(C)=O)nc2)cnc1N.CCc1cc(NC(=O)C(=O)N2CC(C)CCC2c2ccc(NC(C)=O)nc2)cnc1NC(=O)OC(C)(C)C.CCc1cc(NC(=O)C(=O)O)cnc1NC(=O)OC(C)(C)C. The highest BCUT2D eigenvalue weighted by molar-refractivity contribution is 6.41. The molecule has 12 rings (SSSR count). The van der Waals surface area contributed by atoms with Crippen LogP contribution < -0.4 is 70.4 Å². The van der Waals surface area contributed by atoms with Crippen LogP contribution in [0.2, 0.25) is 0 Å². The lowest BCUT2D eigenvalue weighted by Crippen LogP contribution is -2.46. The Morgan fingerprint density at radius 2 is 0.664 bits per heavy atom. The number of piperidine rings is 4. The summed E-state index contributed by atoms with van der Waals surface area (Å²) in [6, 6.07) is 20.8. The van der Waals surface area contributed by atoms with E-state index < -0.39 is 82.4 Å². The van der Waals surface area contributed by atoms with Crippen LogP contribution in [-0.4, -0.2) is 180 Å². The fourth-order valence-corrected chi connectivity index (χ4v) is 15.5. The Hall–Kier alpha value is -14.9. The number of anilines is 12. The Labute approximate surface area is 815 Å². The second-order valence-corrected chi connectivity index (χ2v) is 37.8. The molecule has 8 unspecified atom stereocenters. The first-order valence-corrected chi connectivity index (χ1v) is 46.7. The van der Waals surface area contributed by atoms with Crippen LogP contribution in [0, 0.1) is 23.7 Å². The van der Waals surface area contributed by atoms with Gasteiger partial charge in [-0.05, 0) is 263 Å². The van der Waals surface area contributed by atoms with Crippen molar-refractivity contribution in [1.82, 2.24) is 59.9 Å². The highest BCUT2D eigenvalue weighted by Crippen LogP contribution is 2.38. The lowest BCUT2D eigenvalue weighted by Gasteiger charge is -2.38. The second kappa shape index (κ2) is 50.9. The molecule has 140 heavy (non-hydrogen) atoms. The lowest BCUT2D eigenvalue weighted by atomic mass is 9.90. The minimum absolute atomic E-state index is 0.205. The Kier molecular flexibility index (Phi) is 40.2.